The highest BCUT2D eigenvalue weighted by molar-refractivity contribution is 7.15. The van der Waals surface area contributed by atoms with Crippen LogP contribution in [0.1, 0.15) is 49.3 Å². The van der Waals surface area contributed by atoms with E-state index in [1.165, 1.54) is 22.7 Å². The number of anilines is 1. The van der Waals surface area contributed by atoms with E-state index in [0.29, 0.717) is 27.7 Å². The number of carbonyl (C=O) groups excluding carboxylic acids is 2. The van der Waals surface area contributed by atoms with Crippen molar-refractivity contribution in [3.63, 3.8) is 0 Å². The Kier molecular flexibility index (Phi) is 8.77. The van der Waals surface area contributed by atoms with Crippen molar-refractivity contribution < 1.29 is 14.7 Å². The van der Waals surface area contributed by atoms with Crippen LogP contribution in [0.3, 0.4) is 0 Å². The van der Waals surface area contributed by atoms with E-state index in [1.807, 2.05) is 30.3 Å². The number of hydrogen-bond acceptors (Lipinski definition) is 9. The highest BCUT2D eigenvalue weighted by atomic mass is 32.1. The maximum absolute atomic E-state index is 12.5. The molecule has 4 rings (SSSR count). The molecule has 0 aliphatic heterocycles. The lowest BCUT2D eigenvalue weighted by Gasteiger charge is -2.01. The van der Waals surface area contributed by atoms with Gasteiger partial charge < -0.3 is 10.4 Å². The third kappa shape index (κ3) is 7.57. The van der Waals surface area contributed by atoms with Crippen molar-refractivity contribution in [2.24, 2.45) is 0 Å². The van der Waals surface area contributed by atoms with Gasteiger partial charge in [-0.1, -0.05) is 59.9 Å². The molecule has 35 heavy (non-hydrogen) atoms. The Balaban J connectivity index is 1.18. The van der Waals surface area contributed by atoms with Crippen molar-refractivity contribution in [1.29, 1.82) is 0 Å². The highest BCUT2D eigenvalue weighted by Crippen LogP contribution is 2.20. The molecule has 2 aromatic carbocycles. The maximum Gasteiger partial charge on any atom is 0.230 e. The van der Waals surface area contributed by atoms with Gasteiger partial charge in [0.25, 0.3) is 0 Å². The van der Waals surface area contributed by atoms with E-state index < -0.39 is 0 Å². The Morgan fingerprint density at radius 1 is 0.771 bits per heavy atom. The number of ketones is 1. The molecular formula is C25H25N5O3S2. The van der Waals surface area contributed by atoms with Crippen LogP contribution in [0, 0.1) is 0 Å². The first-order chi connectivity index (χ1) is 17.1. The number of nitrogens with one attached hydrogen (secondary N) is 1. The lowest BCUT2D eigenvalue weighted by molar-refractivity contribution is -0.115. The van der Waals surface area contributed by atoms with Crippen LogP contribution in [0.2, 0.25) is 0 Å². The zero-order valence-electron chi connectivity index (χ0n) is 19.0. The molecule has 2 N–H and O–H groups in total. The standard InChI is InChI=1S/C25H25N5O3S2/c31-16-18-9-6-10-19(13-18)20(32)15-24-29-27-22(34-24)11-4-5-12-23-28-30-25(35-23)26-21(33)14-17-7-2-1-3-8-17/h1-3,6-10,13,31H,4-5,11-12,14-16H2,(H,26,30,33). The summed E-state index contributed by atoms with van der Waals surface area (Å²) >= 11 is 2.86. The molecule has 0 aliphatic carbocycles. The minimum absolute atomic E-state index is 0.0362. The fourth-order valence-electron chi connectivity index (χ4n) is 3.45. The molecule has 2 heterocycles. The van der Waals surface area contributed by atoms with Crippen LogP contribution >= 0.6 is 22.7 Å². The largest absolute Gasteiger partial charge is 0.392 e. The quantitative estimate of drug-likeness (QED) is 0.219. The normalized spacial score (nSPS) is 10.9. The van der Waals surface area contributed by atoms with Gasteiger partial charge in [0.2, 0.25) is 11.0 Å². The van der Waals surface area contributed by atoms with Gasteiger partial charge in [0.05, 0.1) is 19.4 Å². The SMILES string of the molecule is O=C(Cc1ccccc1)Nc1nnc(CCCCc2nnc(CC(=O)c3cccc(CO)c3)s2)s1. The van der Waals surface area contributed by atoms with Gasteiger partial charge in [0.1, 0.15) is 15.0 Å². The second kappa shape index (κ2) is 12.4. The fraction of sp³-hybridized carbons (Fsp3) is 0.280. The molecule has 0 spiro atoms. The van der Waals surface area contributed by atoms with E-state index in [0.717, 1.165) is 41.3 Å². The topological polar surface area (TPSA) is 118 Å². The zero-order valence-corrected chi connectivity index (χ0v) is 20.6. The van der Waals surface area contributed by atoms with Crippen LogP contribution in [-0.4, -0.2) is 37.2 Å². The number of amides is 1. The van der Waals surface area contributed by atoms with Crippen molar-refractivity contribution in [2.75, 3.05) is 5.32 Å². The minimum atomic E-state index is -0.106. The fourth-order valence-corrected chi connectivity index (χ4v) is 5.13. The molecular weight excluding hydrogens is 482 g/mol. The van der Waals surface area contributed by atoms with E-state index in [-0.39, 0.29) is 24.7 Å². The molecule has 4 aromatic rings. The molecule has 0 atom stereocenters. The second-order valence-electron chi connectivity index (χ2n) is 7.97. The Bertz CT molecular complexity index is 1270. The van der Waals surface area contributed by atoms with Gasteiger partial charge in [-0.2, -0.15) is 0 Å². The number of aliphatic hydroxyl groups excluding tert-OH is 1. The monoisotopic (exact) mass is 507 g/mol. The van der Waals surface area contributed by atoms with Crippen molar-refractivity contribution in [2.45, 2.75) is 45.1 Å². The van der Waals surface area contributed by atoms with E-state index in [9.17, 15) is 14.7 Å². The number of benzene rings is 2. The van der Waals surface area contributed by atoms with Crippen molar-refractivity contribution in [3.8, 4) is 0 Å². The van der Waals surface area contributed by atoms with Crippen LogP contribution < -0.4 is 5.32 Å². The van der Waals surface area contributed by atoms with Crippen LogP contribution in [0.4, 0.5) is 5.13 Å². The summed E-state index contributed by atoms with van der Waals surface area (Å²) < 4.78 is 0. The average molecular weight is 508 g/mol. The van der Waals surface area contributed by atoms with Gasteiger partial charge >= 0.3 is 0 Å². The van der Waals surface area contributed by atoms with Crippen LogP contribution in [-0.2, 0) is 37.1 Å². The average Bonchev–Trinajstić information content (AvgIpc) is 3.51. The molecule has 8 nitrogen and oxygen atoms in total. The summed E-state index contributed by atoms with van der Waals surface area (Å²) in [5.41, 5.74) is 2.24. The Labute approximate surface area is 211 Å². The smallest absolute Gasteiger partial charge is 0.230 e. The third-order valence-electron chi connectivity index (χ3n) is 5.20. The summed E-state index contributed by atoms with van der Waals surface area (Å²) in [4.78, 5) is 24.7. The zero-order chi connectivity index (χ0) is 24.5. The molecule has 10 heteroatoms. The number of carbonyl (C=O) groups is 2. The van der Waals surface area contributed by atoms with E-state index in [4.69, 9.17) is 0 Å². The number of rotatable bonds is 12. The van der Waals surface area contributed by atoms with Crippen molar-refractivity contribution in [1.82, 2.24) is 20.4 Å². The summed E-state index contributed by atoms with van der Waals surface area (Å²) in [5.74, 6) is -0.142. The van der Waals surface area contributed by atoms with Gasteiger partial charge in [-0.15, -0.1) is 31.7 Å². The third-order valence-corrected chi connectivity index (χ3v) is 7.09. The number of aliphatic hydroxyl groups is 1. The van der Waals surface area contributed by atoms with Crippen molar-refractivity contribution >= 4 is 39.5 Å². The van der Waals surface area contributed by atoms with Gasteiger partial charge in [-0.05, 0) is 30.0 Å². The number of aryl methyl sites for hydroxylation is 2. The predicted molar refractivity (Wildman–Crippen MR) is 136 cm³/mol. The molecule has 0 aliphatic rings. The lowest BCUT2D eigenvalue weighted by Crippen LogP contribution is -2.14. The first kappa shape index (κ1) is 24.8. The molecule has 0 fully saturated rings. The first-order valence-corrected chi connectivity index (χ1v) is 12.9. The maximum atomic E-state index is 12.5. The first-order valence-electron chi connectivity index (χ1n) is 11.3. The lowest BCUT2D eigenvalue weighted by atomic mass is 10.1. The highest BCUT2D eigenvalue weighted by Gasteiger charge is 2.13. The van der Waals surface area contributed by atoms with Crippen LogP contribution in [0.25, 0.3) is 0 Å². The number of Topliss-reactive ketones (excluding diaryl/α,β-unsaturated/α-hetero) is 1. The molecule has 0 saturated heterocycles. The van der Waals surface area contributed by atoms with Gasteiger partial charge in [0.15, 0.2) is 5.78 Å². The number of nitrogens with zero attached hydrogens (tertiary/aromatic N) is 4. The summed E-state index contributed by atoms with van der Waals surface area (Å²) in [6, 6.07) is 16.6. The van der Waals surface area contributed by atoms with Gasteiger partial charge in [-0.3, -0.25) is 9.59 Å². The van der Waals surface area contributed by atoms with Gasteiger partial charge in [0, 0.05) is 18.4 Å². The minimum Gasteiger partial charge on any atom is -0.392 e. The van der Waals surface area contributed by atoms with Crippen LogP contribution in [0.5, 0.6) is 0 Å². The molecule has 1 amide bonds. The number of unbranched alkanes of at least 4 members (excludes halogenated alkanes) is 1. The Morgan fingerprint density at radius 3 is 2.23 bits per heavy atom. The second-order valence-corrected chi connectivity index (χ2v) is 10.2. The Morgan fingerprint density at radius 2 is 1.46 bits per heavy atom. The van der Waals surface area contributed by atoms with Crippen LogP contribution in [0.15, 0.2) is 54.6 Å². The molecule has 0 radical (unpaired) electrons. The summed E-state index contributed by atoms with van der Waals surface area (Å²) in [6.07, 6.45) is 3.89. The van der Waals surface area contributed by atoms with E-state index in [1.54, 1.807) is 24.3 Å². The van der Waals surface area contributed by atoms with E-state index in [2.05, 4.69) is 25.7 Å². The van der Waals surface area contributed by atoms with E-state index >= 15 is 0 Å². The molecule has 0 unspecified atom stereocenters. The molecule has 180 valence electrons. The molecule has 2 aromatic heterocycles. The molecule has 0 bridgehead atoms. The summed E-state index contributed by atoms with van der Waals surface area (Å²) in [6.45, 7) is -0.0919. The number of aromatic nitrogens is 4. The van der Waals surface area contributed by atoms with Crippen molar-refractivity contribution in [3.05, 3.63) is 86.3 Å². The van der Waals surface area contributed by atoms with Gasteiger partial charge in [-0.25, -0.2) is 0 Å². The molecule has 0 saturated carbocycles. The summed E-state index contributed by atoms with van der Waals surface area (Å²) in [7, 11) is 0. The predicted octanol–water partition coefficient (Wildman–Crippen LogP) is 4.05. The Hall–Kier alpha value is -3.34. The number of hydrogen-bond donors (Lipinski definition) is 2. The summed E-state index contributed by atoms with van der Waals surface area (Å²) in [5, 5.41) is 31.7.